The molecular formula is C15H14O2. The van der Waals surface area contributed by atoms with Gasteiger partial charge in [-0.25, -0.2) is 0 Å². The summed E-state index contributed by atoms with van der Waals surface area (Å²) in [6, 6.07) is 7.36. The third-order valence-corrected chi connectivity index (χ3v) is 5.19. The van der Waals surface area contributed by atoms with Gasteiger partial charge in [0, 0.05) is 22.5 Å². The lowest BCUT2D eigenvalue weighted by Crippen LogP contribution is -2.57. The maximum atomic E-state index is 12.7. The molecule has 1 spiro atoms. The van der Waals surface area contributed by atoms with Crippen LogP contribution in [0.2, 0.25) is 0 Å². The number of rotatable bonds is 0. The highest BCUT2D eigenvalue weighted by Gasteiger charge is 2.66. The highest BCUT2D eigenvalue weighted by atomic mass is 16.1. The highest BCUT2D eigenvalue weighted by molar-refractivity contribution is 6.18. The average Bonchev–Trinajstić information content (AvgIpc) is 2.64. The first-order chi connectivity index (χ1) is 8.25. The number of Topliss-reactive ketones (excluding diaryl/α,β-unsaturated/α-hetero) is 2. The molecule has 17 heavy (non-hydrogen) atoms. The van der Waals surface area contributed by atoms with Gasteiger partial charge in [-0.2, -0.15) is 0 Å². The van der Waals surface area contributed by atoms with Crippen LogP contribution in [0.1, 0.15) is 46.4 Å². The molecule has 0 heterocycles. The van der Waals surface area contributed by atoms with Crippen LogP contribution in [-0.4, -0.2) is 11.6 Å². The van der Waals surface area contributed by atoms with Gasteiger partial charge in [-0.3, -0.25) is 9.59 Å². The maximum Gasteiger partial charge on any atom is 0.170 e. The van der Waals surface area contributed by atoms with Crippen LogP contribution in [0.5, 0.6) is 0 Å². The standard InChI is InChI=1S/C15H14O2/c16-13-10-5-1-2-6-11(10)14(17)15-7-3-4-9(15)8-12(13)15/h1-2,5-6,9,12H,3-4,7-8H2/t9-,12+,15+/m1/s1. The van der Waals surface area contributed by atoms with E-state index in [1.165, 1.54) is 0 Å². The molecule has 2 heteroatoms. The third-order valence-electron chi connectivity index (χ3n) is 5.19. The molecule has 0 aliphatic heterocycles. The highest BCUT2D eigenvalue weighted by Crippen LogP contribution is 2.65. The summed E-state index contributed by atoms with van der Waals surface area (Å²) in [6.45, 7) is 0. The lowest BCUT2D eigenvalue weighted by Gasteiger charge is -2.53. The predicted octanol–water partition coefficient (Wildman–Crippen LogP) is 2.87. The summed E-state index contributed by atoms with van der Waals surface area (Å²) in [5.74, 6) is 0.958. The quantitative estimate of drug-likeness (QED) is 0.681. The molecule has 0 saturated heterocycles. The van der Waals surface area contributed by atoms with Crippen molar-refractivity contribution in [3.05, 3.63) is 35.4 Å². The van der Waals surface area contributed by atoms with E-state index in [0.29, 0.717) is 17.0 Å². The number of ketones is 2. The molecule has 0 amide bonds. The number of benzene rings is 1. The average molecular weight is 226 g/mol. The number of fused-ring (bicyclic) bond motifs is 1. The van der Waals surface area contributed by atoms with Crippen LogP contribution in [0.4, 0.5) is 0 Å². The summed E-state index contributed by atoms with van der Waals surface area (Å²) in [4.78, 5) is 25.1. The second-order valence-electron chi connectivity index (χ2n) is 5.66. The fourth-order valence-corrected chi connectivity index (χ4v) is 4.36. The lowest BCUT2D eigenvalue weighted by molar-refractivity contribution is -0.00475. The Kier molecular flexibility index (Phi) is 1.61. The van der Waals surface area contributed by atoms with E-state index in [0.717, 1.165) is 25.7 Å². The Labute approximate surface area is 100 Å². The molecule has 2 fully saturated rings. The van der Waals surface area contributed by atoms with Gasteiger partial charge in [0.2, 0.25) is 0 Å². The minimum absolute atomic E-state index is 0.00241. The summed E-state index contributed by atoms with van der Waals surface area (Å²) < 4.78 is 0. The summed E-state index contributed by atoms with van der Waals surface area (Å²) >= 11 is 0. The van der Waals surface area contributed by atoms with E-state index in [2.05, 4.69) is 0 Å². The predicted molar refractivity (Wildman–Crippen MR) is 63.0 cm³/mol. The maximum absolute atomic E-state index is 12.7. The van der Waals surface area contributed by atoms with Crippen LogP contribution in [-0.2, 0) is 0 Å². The van der Waals surface area contributed by atoms with Crippen molar-refractivity contribution < 1.29 is 9.59 Å². The van der Waals surface area contributed by atoms with E-state index in [-0.39, 0.29) is 22.9 Å². The first-order valence-electron chi connectivity index (χ1n) is 6.43. The molecule has 0 N–H and O–H groups in total. The van der Waals surface area contributed by atoms with E-state index in [1.807, 2.05) is 24.3 Å². The molecule has 4 rings (SSSR count). The van der Waals surface area contributed by atoms with Gasteiger partial charge in [0.1, 0.15) is 0 Å². The van der Waals surface area contributed by atoms with Gasteiger partial charge in [-0.1, -0.05) is 30.7 Å². The Morgan fingerprint density at radius 3 is 2.65 bits per heavy atom. The fourth-order valence-electron chi connectivity index (χ4n) is 4.36. The van der Waals surface area contributed by atoms with Crippen LogP contribution in [0.25, 0.3) is 0 Å². The molecule has 0 radical (unpaired) electrons. The smallest absolute Gasteiger partial charge is 0.170 e. The van der Waals surface area contributed by atoms with Crippen molar-refractivity contribution >= 4 is 11.6 Å². The van der Waals surface area contributed by atoms with Gasteiger partial charge < -0.3 is 0 Å². The second kappa shape index (κ2) is 2.87. The van der Waals surface area contributed by atoms with Gasteiger partial charge in [0.25, 0.3) is 0 Å². The third kappa shape index (κ3) is 0.899. The zero-order valence-corrected chi connectivity index (χ0v) is 9.61. The first kappa shape index (κ1) is 9.58. The Morgan fingerprint density at radius 2 is 1.88 bits per heavy atom. The number of hydrogen-bond donors (Lipinski definition) is 0. The van der Waals surface area contributed by atoms with Crippen LogP contribution >= 0.6 is 0 Å². The molecule has 2 saturated carbocycles. The summed E-state index contributed by atoms with van der Waals surface area (Å²) in [6.07, 6.45) is 4.13. The fraction of sp³-hybridized carbons (Fsp3) is 0.467. The Morgan fingerprint density at radius 1 is 1.12 bits per heavy atom. The van der Waals surface area contributed by atoms with Crippen molar-refractivity contribution in [2.24, 2.45) is 17.3 Å². The molecule has 1 aromatic rings. The second-order valence-corrected chi connectivity index (χ2v) is 5.66. The molecule has 0 bridgehead atoms. The zero-order valence-electron chi connectivity index (χ0n) is 9.61. The monoisotopic (exact) mass is 226 g/mol. The minimum Gasteiger partial charge on any atom is -0.294 e. The normalized spacial score (nSPS) is 38.1. The van der Waals surface area contributed by atoms with E-state index in [9.17, 15) is 9.59 Å². The van der Waals surface area contributed by atoms with Gasteiger partial charge in [0.15, 0.2) is 11.6 Å². The molecule has 3 aliphatic carbocycles. The Hall–Kier alpha value is -1.44. The zero-order chi connectivity index (χ0) is 11.6. The van der Waals surface area contributed by atoms with Gasteiger partial charge in [-0.05, 0) is 25.2 Å². The first-order valence-corrected chi connectivity index (χ1v) is 6.43. The molecule has 3 atom stereocenters. The van der Waals surface area contributed by atoms with Crippen molar-refractivity contribution in [3.63, 3.8) is 0 Å². The summed E-state index contributed by atoms with van der Waals surface area (Å²) in [7, 11) is 0. The van der Waals surface area contributed by atoms with Gasteiger partial charge in [0.05, 0.1) is 0 Å². The van der Waals surface area contributed by atoms with Crippen molar-refractivity contribution in [3.8, 4) is 0 Å². The molecule has 3 aliphatic rings. The van der Waals surface area contributed by atoms with Crippen molar-refractivity contribution in [1.29, 1.82) is 0 Å². The molecular weight excluding hydrogens is 212 g/mol. The number of hydrogen-bond acceptors (Lipinski definition) is 2. The molecule has 0 unspecified atom stereocenters. The van der Waals surface area contributed by atoms with Crippen LogP contribution in [0, 0.1) is 17.3 Å². The minimum atomic E-state index is -0.286. The van der Waals surface area contributed by atoms with Crippen LogP contribution < -0.4 is 0 Å². The van der Waals surface area contributed by atoms with Crippen LogP contribution in [0.3, 0.4) is 0 Å². The molecule has 86 valence electrons. The largest absolute Gasteiger partial charge is 0.294 e. The summed E-state index contributed by atoms with van der Waals surface area (Å²) in [5.41, 5.74) is 1.06. The van der Waals surface area contributed by atoms with Gasteiger partial charge in [-0.15, -0.1) is 0 Å². The van der Waals surface area contributed by atoms with Crippen molar-refractivity contribution in [1.82, 2.24) is 0 Å². The van der Waals surface area contributed by atoms with E-state index in [1.54, 1.807) is 0 Å². The van der Waals surface area contributed by atoms with Crippen molar-refractivity contribution in [2.45, 2.75) is 25.7 Å². The van der Waals surface area contributed by atoms with Crippen molar-refractivity contribution in [2.75, 3.05) is 0 Å². The number of carbonyl (C=O) groups is 2. The Bertz CT molecular complexity index is 546. The van der Waals surface area contributed by atoms with E-state index >= 15 is 0 Å². The SMILES string of the molecule is O=C1c2ccccc2C(=O)[C@@]23CCC[C@@H]2C[C@@H]13. The number of carbonyl (C=O) groups excluding carboxylic acids is 2. The Balaban J connectivity index is 1.95. The van der Waals surface area contributed by atoms with E-state index in [4.69, 9.17) is 0 Å². The molecule has 2 nitrogen and oxygen atoms in total. The lowest BCUT2D eigenvalue weighted by atomic mass is 9.47. The molecule has 0 aromatic heterocycles. The summed E-state index contributed by atoms with van der Waals surface area (Å²) in [5, 5.41) is 0. The molecule has 1 aromatic carbocycles. The topological polar surface area (TPSA) is 34.1 Å². The van der Waals surface area contributed by atoms with E-state index < -0.39 is 0 Å². The van der Waals surface area contributed by atoms with Gasteiger partial charge >= 0.3 is 0 Å². The van der Waals surface area contributed by atoms with Crippen LogP contribution in [0.15, 0.2) is 24.3 Å².